The van der Waals surface area contributed by atoms with Crippen LogP contribution < -0.4 is 0 Å². The fourth-order valence-corrected chi connectivity index (χ4v) is 4.51. The van der Waals surface area contributed by atoms with E-state index in [0.29, 0.717) is 0 Å². The molecule has 23 heavy (non-hydrogen) atoms. The summed E-state index contributed by atoms with van der Waals surface area (Å²) in [6, 6.07) is 0. The molecule has 2 saturated heterocycles. The van der Waals surface area contributed by atoms with Crippen molar-refractivity contribution in [2.24, 2.45) is 0 Å². The minimum Gasteiger partial charge on any atom is -0.303 e. The van der Waals surface area contributed by atoms with Crippen molar-refractivity contribution in [1.82, 2.24) is 19.6 Å². The van der Waals surface area contributed by atoms with Gasteiger partial charge in [0.2, 0.25) is 0 Å². The van der Waals surface area contributed by atoms with Crippen molar-refractivity contribution in [1.29, 1.82) is 0 Å². The van der Waals surface area contributed by atoms with Gasteiger partial charge in [-0.1, -0.05) is 0 Å². The number of likely N-dealkylation sites (N-methyl/N-ethyl adjacent to an activating group) is 2. The summed E-state index contributed by atoms with van der Waals surface area (Å²) in [4.78, 5) is 9.39. The van der Waals surface area contributed by atoms with Gasteiger partial charge in [0.15, 0.2) is 0 Å². The van der Waals surface area contributed by atoms with Crippen LogP contribution >= 0.6 is 23.2 Å². The second kappa shape index (κ2) is 9.04. The average molecular weight is 406 g/mol. The monoisotopic (exact) mass is 405 g/mol. The molecule has 0 aromatic rings. The van der Waals surface area contributed by atoms with Crippen LogP contribution in [0, 0.1) is 0 Å². The van der Waals surface area contributed by atoms with Crippen molar-refractivity contribution < 1.29 is 17.1 Å². The Kier molecular flexibility index (Phi) is 8.64. The maximum atomic E-state index is 6.78. The first-order chi connectivity index (χ1) is 10.2. The van der Waals surface area contributed by atoms with E-state index in [1.807, 2.05) is 0 Å². The first-order valence-corrected chi connectivity index (χ1v) is 9.10. The van der Waals surface area contributed by atoms with E-state index in [4.69, 9.17) is 23.2 Å². The molecule has 0 saturated carbocycles. The quantitative estimate of drug-likeness (QED) is 0.446. The van der Waals surface area contributed by atoms with Gasteiger partial charge in [-0.25, -0.2) is 0 Å². The van der Waals surface area contributed by atoms with Gasteiger partial charge in [-0.05, 0) is 27.9 Å². The molecule has 2 aliphatic heterocycles. The van der Waals surface area contributed by atoms with Crippen LogP contribution in [0.5, 0.6) is 0 Å². The number of hydrogen-bond donors (Lipinski definition) is 0. The summed E-state index contributed by atoms with van der Waals surface area (Å²) in [6.45, 7) is 14.4. The van der Waals surface area contributed by atoms with Gasteiger partial charge >= 0.3 is 0 Å². The van der Waals surface area contributed by atoms with Gasteiger partial charge in [-0.3, -0.25) is 9.80 Å². The third kappa shape index (κ3) is 7.79. The van der Waals surface area contributed by atoms with Crippen molar-refractivity contribution in [3.8, 4) is 0 Å². The normalized spacial score (nSPS) is 42.0. The van der Waals surface area contributed by atoms with Crippen LogP contribution in [0.15, 0.2) is 0 Å². The average Bonchev–Trinajstić information content (AvgIpc) is 2.35. The van der Waals surface area contributed by atoms with Gasteiger partial charge in [0.25, 0.3) is 0 Å². The molecule has 2 bridgehead atoms. The van der Waals surface area contributed by atoms with Crippen molar-refractivity contribution in [2.45, 2.75) is 23.6 Å². The summed E-state index contributed by atoms with van der Waals surface area (Å²) < 4.78 is 0. The molecular weight excluding hydrogens is 374 g/mol. The second-order valence-electron chi connectivity index (χ2n) is 7.85. The van der Waals surface area contributed by atoms with Gasteiger partial charge in [-0.15, -0.1) is 23.2 Å². The van der Waals surface area contributed by atoms with Gasteiger partial charge in [-0.2, -0.15) is 0 Å². The van der Waals surface area contributed by atoms with Crippen LogP contribution in [0.2, 0.25) is 0 Å². The van der Waals surface area contributed by atoms with Crippen molar-refractivity contribution >= 4 is 23.2 Å². The van der Waals surface area contributed by atoms with E-state index in [9.17, 15) is 0 Å². The number of hydrogen-bond acceptors (Lipinski definition) is 4. The minimum absolute atomic E-state index is 0. The van der Waals surface area contributed by atoms with Crippen LogP contribution in [0.1, 0.15) is 13.8 Å². The molecule has 0 aromatic heterocycles. The number of rotatable bonds is 0. The van der Waals surface area contributed by atoms with Gasteiger partial charge in [0.05, 0.1) is 9.75 Å². The molecule has 4 atom stereocenters. The molecule has 2 rings (SSSR count). The topological polar surface area (TPSA) is 13.0 Å². The number of alkyl halides is 2. The van der Waals surface area contributed by atoms with Crippen LogP contribution in [0.4, 0.5) is 0 Å². The molecule has 2 fully saturated rings. The van der Waals surface area contributed by atoms with Crippen LogP contribution in [0.3, 0.4) is 0 Å². The Morgan fingerprint density at radius 2 is 0.913 bits per heavy atom. The van der Waals surface area contributed by atoms with Gasteiger partial charge < -0.3 is 9.80 Å². The zero-order valence-corrected chi connectivity index (χ0v) is 17.7. The Balaban J connectivity index is 0.00000264. The first-order valence-electron chi connectivity index (χ1n) is 8.35. The second-order valence-corrected chi connectivity index (χ2v) is 9.68. The standard InChI is InChI=1S/C16H32Cl2N4.Mn/c1-15(17)11-19(3)5-8-22-10-9-21(13-15)7-6-20(4)12-16(2,18)14-22;/h5-14H2,1-4H3;. The third-order valence-electron chi connectivity index (χ3n) is 4.63. The van der Waals surface area contributed by atoms with Crippen LogP contribution in [-0.2, 0) is 17.1 Å². The summed E-state index contributed by atoms with van der Waals surface area (Å²) in [5, 5.41) is 0. The smallest absolute Gasteiger partial charge is 0.0671 e. The molecule has 7 heteroatoms. The molecule has 0 amide bonds. The van der Waals surface area contributed by atoms with E-state index < -0.39 is 0 Å². The molecule has 0 spiro atoms. The summed E-state index contributed by atoms with van der Waals surface area (Å²) in [5.41, 5.74) is 0. The largest absolute Gasteiger partial charge is 0.303 e. The molecule has 0 N–H and O–H groups in total. The summed E-state index contributed by atoms with van der Waals surface area (Å²) >= 11 is 13.6. The predicted molar refractivity (Wildman–Crippen MR) is 96.4 cm³/mol. The maximum absolute atomic E-state index is 6.78. The Morgan fingerprint density at radius 3 is 1.26 bits per heavy atom. The fourth-order valence-electron chi connectivity index (χ4n) is 3.76. The van der Waals surface area contributed by atoms with E-state index in [1.54, 1.807) is 0 Å². The van der Waals surface area contributed by atoms with E-state index in [1.165, 1.54) is 0 Å². The Morgan fingerprint density at radius 1 is 0.609 bits per heavy atom. The number of halogens is 2. The zero-order valence-electron chi connectivity index (χ0n) is 15.0. The summed E-state index contributed by atoms with van der Waals surface area (Å²) in [7, 11) is 4.34. The summed E-state index contributed by atoms with van der Waals surface area (Å²) in [5.74, 6) is 0. The van der Waals surface area contributed by atoms with E-state index in [0.717, 1.165) is 65.4 Å². The summed E-state index contributed by atoms with van der Waals surface area (Å²) in [6.07, 6.45) is 0. The SMILES string of the molecule is CN1CCN2CCN(CCN(C)CC(C)(Cl)C2)CC(C)(Cl)C1.[Mn]. The van der Waals surface area contributed by atoms with Crippen molar-refractivity contribution in [3.63, 3.8) is 0 Å². The zero-order chi connectivity index (χ0) is 16.4. The van der Waals surface area contributed by atoms with E-state index >= 15 is 0 Å². The molecule has 2 heterocycles. The molecule has 4 nitrogen and oxygen atoms in total. The number of fused-ring (bicyclic) bond motifs is 3. The molecule has 4 unspecified atom stereocenters. The molecule has 137 valence electrons. The van der Waals surface area contributed by atoms with Gasteiger partial charge in [0.1, 0.15) is 0 Å². The van der Waals surface area contributed by atoms with Gasteiger partial charge in [0, 0.05) is 82.5 Å². The molecule has 2 aliphatic rings. The Labute approximate surface area is 162 Å². The Bertz CT molecular complexity index is 334. The van der Waals surface area contributed by atoms with E-state index in [2.05, 4.69) is 47.5 Å². The van der Waals surface area contributed by atoms with E-state index in [-0.39, 0.29) is 26.8 Å². The number of nitrogens with zero attached hydrogens (tertiary/aromatic N) is 4. The fraction of sp³-hybridized carbons (Fsp3) is 1.00. The molecule has 0 aromatic carbocycles. The molecule has 1 radical (unpaired) electrons. The van der Waals surface area contributed by atoms with Crippen molar-refractivity contribution in [3.05, 3.63) is 0 Å². The minimum atomic E-state index is -0.180. The third-order valence-corrected chi connectivity index (χ3v) is 5.11. The maximum Gasteiger partial charge on any atom is 0.0671 e. The van der Waals surface area contributed by atoms with Crippen LogP contribution in [-0.4, -0.2) is 109 Å². The molecular formula is C16H32Cl2MnN4. The van der Waals surface area contributed by atoms with Crippen molar-refractivity contribution in [2.75, 3.05) is 79.5 Å². The Hall–Kier alpha value is 0.939. The first kappa shape index (κ1) is 22.0. The predicted octanol–water partition coefficient (Wildman–Crippen LogP) is 1.47. The van der Waals surface area contributed by atoms with Crippen LogP contribution in [0.25, 0.3) is 0 Å². The molecule has 0 aliphatic carbocycles.